The Balaban J connectivity index is 1.43. The van der Waals surface area contributed by atoms with Crippen LogP contribution in [0.3, 0.4) is 0 Å². The molecule has 0 unspecified atom stereocenters. The zero-order valence-electron chi connectivity index (χ0n) is 18.9. The van der Waals surface area contributed by atoms with E-state index in [2.05, 4.69) is 5.32 Å². The number of benzene rings is 3. The lowest BCUT2D eigenvalue weighted by atomic mass is 10.2. The van der Waals surface area contributed by atoms with Crippen LogP contribution in [0.4, 0.5) is 14.9 Å². The second-order valence-corrected chi connectivity index (χ2v) is 9.67. The molecule has 0 aromatic heterocycles. The lowest BCUT2D eigenvalue weighted by Crippen LogP contribution is -2.36. The summed E-state index contributed by atoms with van der Waals surface area (Å²) in [4.78, 5) is 38.8. The third kappa shape index (κ3) is 6.07. The van der Waals surface area contributed by atoms with Gasteiger partial charge < -0.3 is 10.1 Å². The van der Waals surface area contributed by atoms with Crippen molar-refractivity contribution in [3.8, 4) is 5.75 Å². The van der Waals surface area contributed by atoms with Gasteiger partial charge in [-0.1, -0.05) is 47.5 Å². The Bertz CT molecular complexity index is 1380. The van der Waals surface area contributed by atoms with Gasteiger partial charge in [-0.15, -0.1) is 0 Å². The number of ether oxygens (including phenoxy) is 1. The van der Waals surface area contributed by atoms with Crippen LogP contribution in [0.15, 0.2) is 65.6 Å². The van der Waals surface area contributed by atoms with Crippen LogP contribution >= 0.6 is 35.0 Å². The molecule has 3 aromatic carbocycles. The van der Waals surface area contributed by atoms with E-state index in [4.69, 9.17) is 27.9 Å². The molecule has 1 fully saturated rings. The number of rotatable bonds is 7. The van der Waals surface area contributed by atoms with E-state index in [1.165, 1.54) is 18.2 Å². The number of halogens is 3. The topological polar surface area (TPSA) is 75.7 Å². The van der Waals surface area contributed by atoms with Crippen molar-refractivity contribution in [1.29, 1.82) is 0 Å². The number of amides is 3. The number of imide groups is 1. The zero-order chi connectivity index (χ0) is 25.8. The fourth-order valence-electron chi connectivity index (χ4n) is 3.37. The van der Waals surface area contributed by atoms with Gasteiger partial charge in [0.1, 0.15) is 24.7 Å². The number of aryl methyl sites for hydroxylation is 1. The van der Waals surface area contributed by atoms with Gasteiger partial charge in [0.15, 0.2) is 0 Å². The molecule has 10 heteroatoms. The van der Waals surface area contributed by atoms with Crippen molar-refractivity contribution in [2.45, 2.75) is 13.5 Å². The summed E-state index contributed by atoms with van der Waals surface area (Å²) >= 11 is 12.8. The maximum atomic E-state index is 14.0. The smallest absolute Gasteiger partial charge is 0.294 e. The molecule has 1 aliphatic rings. The highest BCUT2D eigenvalue weighted by molar-refractivity contribution is 8.18. The molecule has 0 bridgehead atoms. The van der Waals surface area contributed by atoms with Crippen molar-refractivity contribution >= 4 is 63.8 Å². The molecule has 1 saturated heterocycles. The van der Waals surface area contributed by atoms with Gasteiger partial charge in [-0.2, -0.15) is 0 Å². The van der Waals surface area contributed by atoms with Gasteiger partial charge in [0.25, 0.3) is 11.1 Å². The third-order valence-electron chi connectivity index (χ3n) is 5.25. The molecule has 0 atom stereocenters. The summed E-state index contributed by atoms with van der Waals surface area (Å²) in [6.07, 6.45) is 1.53. The van der Waals surface area contributed by atoms with Crippen molar-refractivity contribution in [3.05, 3.63) is 98.1 Å². The Morgan fingerprint density at radius 2 is 1.89 bits per heavy atom. The Hall–Kier alpha value is -3.33. The van der Waals surface area contributed by atoms with Crippen LogP contribution < -0.4 is 10.1 Å². The third-order valence-corrected chi connectivity index (χ3v) is 6.75. The average Bonchev–Trinajstić information content (AvgIpc) is 3.08. The van der Waals surface area contributed by atoms with E-state index in [0.29, 0.717) is 22.0 Å². The number of nitrogens with zero attached hydrogens (tertiary/aromatic N) is 1. The van der Waals surface area contributed by atoms with E-state index in [0.717, 1.165) is 22.2 Å². The molecule has 184 valence electrons. The van der Waals surface area contributed by atoms with Gasteiger partial charge >= 0.3 is 0 Å². The fraction of sp³-hybridized carbons (Fsp3) is 0.115. The minimum Gasteiger partial charge on any atom is -0.489 e. The standard InChI is InChI=1S/C26H19Cl2FN2O4S/c1-15-8-9-17(27)12-22(15)30-24(32)13-31-25(33)23(36-26(31)34)11-16-4-2-5-18(10-16)35-14-19-20(28)6-3-7-21(19)29/h2-12H,13-14H2,1H3,(H,30,32)/b23-11+. The number of carbonyl (C=O) groups is 3. The van der Waals surface area contributed by atoms with Crippen LogP contribution in [0.25, 0.3) is 6.08 Å². The number of anilines is 1. The minimum absolute atomic E-state index is 0.0767. The lowest BCUT2D eigenvalue weighted by Gasteiger charge is -2.13. The first-order chi connectivity index (χ1) is 17.2. The van der Waals surface area contributed by atoms with E-state index < -0.39 is 29.4 Å². The second kappa shape index (κ2) is 11.2. The van der Waals surface area contributed by atoms with Gasteiger partial charge in [0.2, 0.25) is 5.91 Å². The first-order valence-electron chi connectivity index (χ1n) is 10.7. The molecule has 0 aliphatic carbocycles. The van der Waals surface area contributed by atoms with Crippen molar-refractivity contribution in [1.82, 2.24) is 4.90 Å². The highest BCUT2D eigenvalue weighted by Gasteiger charge is 2.36. The number of hydrogen-bond acceptors (Lipinski definition) is 5. The van der Waals surface area contributed by atoms with Gasteiger partial charge in [-0.25, -0.2) is 4.39 Å². The molecule has 1 N–H and O–H groups in total. The molecule has 0 spiro atoms. The van der Waals surface area contributed by atoms with Crippen molar-refractivity contribution in [2.75, 3.05) is 11.9 Å². The molecular weight excluding hydrogens is 526 g/mol. The van der Waals surface area contributed by atoms with Gasteiger partial charge in [-0.3, -0.25) is 19.3 Å². The number of carbonyl (C=O) groups excluding carboxylic acids is 3. The van der Waals surface area contributed by atoms with Crippen LogP contribution in [-0.2, 0) is 16.2 Å². The van der Waals surface area contributed by atoms with Gasteiger partial charge in [0.05, 0.1) is 9.93 Å². The lowest BCUT2D eigenvalue weighted by molar-refractivity contribution is -0.127. The summed E-state index contributed by atoms with van der Waals surface area (Å²) in [5.74, 6) is -1.14. The quantitative estimate of drug-likeness (QED) is 0.335. The van der Waals surface area contributed by atoms with E-state index in [9.17, 15) is 18.8 Å². The van der Waals surface area contributed by atoms with Crippen LogP contribution in [0.2, 0.25) is 10.0 Å². The predicted octanol–water partition coefficient (Wildman–Crippen LogP) is 6.69. The zero-order valence-corrected chi connectivity index (χ0v) is 21.2. The summed E-state index contributed by atoms with van der Waals surface area (Å²) in [7, 11) is 0. The molecule has 1 heterocycles. The summed E-state index contributed by atoms with van der Waals surface area (Å²) in [5.41, 5.74) is 2.12. The Morgan fingerprint density at radius 1 is 1.11 bits per heavy atom. The van der Waals surface area contributed by atoms with Gasteiger partial charge in [0, 0.05) is 16.3 Å². The molecular formula is C26H19Cl2FN2O4S. The van der Waals surface area contributed by atoms with Crippen molar-refractivity contribution in [2.24, 2.45) is 0 Å². The molecule has 36 heavy (non-hydrogen) atoms. The average molecular weight is 545 g/mol. The molecule has 6 nitrogen and oxygen atoms in total. The van der Waals surface area contributed by atoms with Crippen LogP contribution in [0.1, 0.15) is 16.7 Å². The summed E-state index contributed by atoms with van der Waals surface area (Å²) in [6.45, 7) is 1.30. The predicted molar refractivity (Wildman–Crippen MR) is 140 cm³/mol. The Kier molecular flexibility index (Phi) is 7.98. The molecule has 1 aliphatic heterocycles. The van der Waals surface area contributed by atoms with Crippen molar-refractivity contribution in [3.63, 3.8) is 0 Å². The summed E-state index contributed by atoms with van der Waals surface area (Å²) < 4.78 is 19.7. The summed E-state index contributed by atoms with van der Waals surface area (Å²) in [5, 5.41) is 2.84. The van der Waals surface area contributed by atoms with Crippen LogP contribution in [0, 0.1) is 12.7 Å². The fourth-order valence-corrected chi connectivity index (χ4v) is 4.60. The molecule has 3 aromatic rings. The molecule has 3 amide bonds. The largest absolute Gasteiger partial charge is 0.489 e. The van der Waals surface area contributed by atoms with Gasteiger partial charge in [-0.05, 0) is 72.3 Å². The van der Waals surface area contributed by atoms with Crippen molar-refractivity contribution < 1.29 is 23.5 Å². The number of hydrogen-bond donors (Lipinski definition) is 1. The number of thioether (sulfide) groups is 1. The highest BCUT2D eigenvalue weighted by atomic mass is 35.5. The van der Waals surface area contributed by atoms with Crippen LogP contribution in [0.5, 0.6) is 5.75 Å². The molecule has 0 radical (unpaired) electrons. The Morgan fingerprint density at radius 3 is 2.67 bits per heavy atom. The number of nitrogens with one attached hydrogen (secondary N) is 1. The maximum Gasteiger partial charge on any atom is 0.294 e. The normalized spacial score (nSPS) is 14.4. The van der Waals surface area contributed by atoms with E-state index >= 15 is 0 Å². The Labute approximate surface area is 221 Å². The first-order valence-corrected chi connectivity index (χ1v) is 12.3. The highest BCUT2D eigenvalue weighted by Crippen LogP contribution is 2.33. The van der Waals surface area contributed by atoms with E-state index in [1.54, 1.807) is 55.5 Å². The summed E-state index contributed by atoms with van der Waals surface area (Å²) in [6, 6.07) is 16.2. The molecule has 0 saturated carbocycles. The van der Waals surface area contributed by atoms with Crippen LogP contribution in [-0.4, -0.2) is 28.5 Å². The monoisotopic (exact) mass is 544 g/mol. The van der Waals surface area contributed by atoms with E-state index in [-0.39, 0.29) is 22.1 Å². The first kappa shape index (κ1) is 25.8. The molecule has 4 rings (SSSR count). The minimum atomic E-state index is -0.576. The maximum absolute atomic E-state index is 14.0. The second-order valence-electron chi connectivity index (χ2n) is 7.84. The van der Waals surface area contributed by atoms with E-state index in [1.807, 2.05) is 0 Å². The SMILES string of the molecule is Cc1ccc(Cl)cc1NC(=O)CN1C(=O)S/C(=C/c2cccc(OCc3c(F)cccc3Cl)c2)C1=O.